The van der Waals surface area contributed by atoms with E-state index in [1.54, 1.807) is 6.20 Å². The predicted octanol–water partition coefficient (Wildman–Crippen LogP) is 0.950. The summed E-state index contributed by atoms with van der Waals surface area (Å²) in [7, 11) is 3.81. The molecule has 15 heavy (non-hydrogen) atoms. The van der Waals surface area contributed by atoms with Gasteiger partial charge in [0.05, 0.1) is 0 Å². The van der Waals surface area contributed by atoms with E-state index in [-0.39, 0.29) is 6.42 Å². The van der Waals surface area contributed by atoms with Crippen molar-refractivity contribution in [1.29, 1.82) is 0 Å². The van der Waals surface area contributed by atoms with Crippen molar-refractivity contribution in [3.63, 3.8) is 0 Å². The Hall–Kier alpha value is -1.65. The van der Waals surface area contributed by atoms with E-state index < -0.39 is 5.97 Å². The fourth-order valence-corrected chi connectivity index (χ4v) is 1.36. The minimum absolute atomic E-state index is 0.182. The number of carbonyl (C=O) groups is 1. The van der Waals surface area contributed by atoms with Gasteiger partial charge in [0.2, 0.25) is 0 Å². The highest BCUT2D eigenvalue weighted by Gasteiger charge is 2.06. The summed E-state index contributed by atoms with van der Waals surface area (Å²) >= 11 is 0. The van der Waals surface area contributed by atoms with Crippen LogP contribution < -0.4 is 4.90 Å². The third-order valence-corrected chi connectivity index (χ3v) is 2.02. The molecule has 0 radical (unpaired) electrons. The molecule has 0 unspecified atom stereocenters. The number of carboxylic acids is 1. The molecule has 0 aliphatic heterocycles. The van der Waals surface area contributed by atoms with Gasteiger partial charge in [0.1, 0.15) is 12.1 Å². The van der Waals surface area contributed by atoms with E-state index in [0.29, 0.717) is 12.8 Å². The lowest BCUT2D eigenvalue weighted by molar-refractivity contribution is -0.137. The van der Waals surface area contributed by atoms with Crippen molar-refractivity contribution in [2.75, 3.05) is 19.0 Å². The number of hydrogen-bond acceptors (Lipinski definition) is 4. The van der Waals surface area contributed by atoms with Gasteiger partial charge in [-0.3, -0.25) is 4.79 Å². The third-order valence-electron chi connectivity index (χ3n) is 2.02. The zero-order valence-corrected chi connectivity index (χ0v) is 8.97. The topological polar surface area (TPSA) is 66.3 Å². The summed E-state index contributed by atoms with van der Waals surface area (Å²) in [4.78, 5) is 20.4. The van der Waals surface area contributed by atoms with Crippen LogP contribution in [-0.4, -0.2) is 35.1 Å². The molecule has 5 heteroatoms. The van der Waals surface area contributed by atoms with Crippen LogP contribution in [0.4, 0.5) is 5.82 Å². The Bertz CT molecular complexity index is 339. The molecule has 82 valence electrons. The van der Waals surface area contributed by atoms with Crippen molar-refractivity contribution in [2.24, 2.45) is 0 Å². The fourth-order valence-electron chi connectivity index (χ4n) is 1.36. The van der Waals surface area contributed by atoms with Crippen molar-refractivity contribution in [2.45, 2.75) is 19.3 Å². The highest BCUT2D eigenvalue weighted by Crippen LogP contribution is 2.15. The number of aromatic nitrogens is 2. The number of aryl methyl sites for hydroxylation is 1. The lowest BCUT2D eigenvalue weighted by Crippen LogP contribution is -2.13. The Morgan fingerprint density at radius 3 is 2.87 bits per heavy atom. The molecule has 0 aliphatic carbocycles. The first-order valence-electron chi connectivity index (χ1n) is 4.79. The molecule has 0 saturated heterocycles. The number of anilines is 1. The SMILES string of the molecule is CN(C)c1ncncc1CCCC(=O)O. The van der Waals surface area contributed by atoms with Crippen LogP contribution in [0.5, 0.6) is 0 Å². The summed E-state index contributed by atoms with van der Waals surface area (Å²) in [6.07, 6.45) is 4.73. The van der Waals surface area contributed by atoms with E-state index >= 15 is 0 Å². The molecule has 0 amide bonds. The Morgan fingerprint density at radius 1 is 1.53 bits per heavy atom. The third kappa shape index (κ3) is 3.53. The molecule has 0 atom stereocenters. The highest BCUT2D eigenvalue weighted by atomic mass is 16.4. The Labute approximate surface area is 88.8 Å². The highest BCUT2D eigenvalue weighted by molar-refractivity contribution is 5.66. The molecule has 0 aromatic carbocycles. The minimum Gasteiger partial charge on any atom is -0.481 e. The van der Waals surface area contributed by atoms with Crippen LogP contribution in [0.3, 0.4) is 0 Å². The van der Waals surface area contributed by atoms with E-state index in [1.807, 2.05) is 19.0 Å². The van der Waals surface area contributed by atoms with Crippen molar-refractivity contribution in [3.05, 3.63) is 18.1 Å². The zero-order valence-electron chi connectivity index (χ0n) is 8.97. The first kappa shape index (κ1) is 11.4. The van der Waals surface area contributed by atoms with Crippen molar-refractivity contribution >= 4 is 11.8 Å². The molecule has 0 bridgehead atoms. The monoisotopic (exact) mass is 209 g/mol. The van der Waals surface area contributed by atoms with Gasteiger partial charge >= 0.3 is 5.97 Å². The van der Waals surface area contributed by atoms with Gasteiger partial charge in [-0.05, 0) is 12.8 Å². The van der Waals surface area contributed by atoms with Gasteiger partial charge < -0.3 is 10.0 Å². The number of carboxylic acid groups (broad SMARTS) is 1. The van der Waals surface area contributed by atoms with Gasteiger partial charge in [0, 0.05) is 32.3 Å². The Balaban J connectivity index is 2.63. The normalized spacial score (nSPS) is 10.0. The van der Waals surface area contributed by atoms with Crippen LogP contribution in [0.15, 0.2) is 12.5 Å². The van der Waals surface area contributed by atoms with Crippen LogP contribution >= 0.6 is 0 Å². The number of aliphatic carboxylic acids is 1. The molecule has 1 N–H and O–H groups in total. The van der Waals surface area contributed by atoms with E-state index in [0.717, 1.165) is 11.4 Å². The first-order valence-corrected chi connectivity index (χ1v) is 4.79. The molecule has 0 aliphatic rings. The summed E-state index contributed by atoms with van der Waals surface area (Å²) in [5.74, 6) is 0.0913. The maximum absolute atomic E-state index is 10.4. The molecule has 1 aromatic rings. The van der Waals surface area contributed by atoms with Gasteiger partial charge in [-0.15, -0.1) is 0 Å². The summed E-state index contributed by atoms with van der Waals surface area (Å²) < 4.78 is 0. The van der Waals surface area contributed by atoms with Gasteiger partial charge in [-0.1, -0.05) is 0 Å². The van der Waals surface area contributed by atoms with Crippen molar-refractivity contribution in [1.82, 2.24) is 9.97 Å². The summed E-state index contributed by atoms with van der Waals surface area (Å²) in [6, 6.07) is 0. The average molecular weight is 209 g/mol. The lowest BCUT2D eigenvalue weighted by Gasteiger charge is -2.14. The maximum atomic E-state index is 10.4. The zero-order chi connectivity index (χ0) is 11.3. The summed E-state index contributed by atoms with van der Waals surface area (Å²) in [5.41, 5.74) is 0.990. The molecular weight excluding hydrogens is 194 g/mol. The molecule has 1 aromatic heterocycles. The maximum Gasteiger partial charge on any atom is 0.303 e. The molecule has 1 rings (SSSR count). The second-order valence-electron chi connectivity index (χ2n) is 3.51. The lowest BCUT2D eigenvalue weighted by atomic mass is 10.1. The molecule has 0 spiro atoms. The molecule has 0 fully saturated rings. The van der Waals surface area contributed by atoms with Crippen molar-refractivity contribution in [3.8, 4) is 0 Å². The van der Waals surface area contributed by atoms with Gasteiger partial charge in [-0.25, -0.2) is 9.97 Å². The smallest absolute Gasteiger partial charge is 0.303 e. The summed E-state index contributed by atoms with van der Waals surface area (Å²) in [6.45, 7) is 0. The van der Waals surface area contributed by atoms with Crippen LogP contribution in [0.1, 0.15) is 18.4 Å². The standard InChI is InChI=1S/C10H15N3O2/c1-13(2)10-8(6-11-7-12-10)4-3-5-9(14)15/h6-7H,3-5H2,1-2H3,(H,14,15). The fraction of sp³-hybridized carbons (Fsp3) is 0.500. The second kappa shape index (κ2) is 5.29. The van der Waals surface area contributed by atoms with Crippen LogP contribution in [0.2, 0.25) is 0 Å². The quantitative estimate of drug-likeness (QED) is 0.782. The van der Waals surface area contributed by atoms with Gasteiger partial charge in [0.25, 0.3) is 0 Å². The molecular formula is C10H15N3O2. The van der Waals surface area contributed by atoms with Crippen LogP contribution in [0, 0.1) is 0 Å². The van der Waals surface area contributed by atoms with Gasteiger partial charge in [-0.2, -0.15) is 0 Å². The average Bonchev–Trinajstić information content (AvgIpc) is 2.17. The summed E-state index contributed by atoms with van der Waals surface area (Å²) in [5, 5.41) is 8.53. The molecule has 0 saturated carbocycles. The van der Waals surface area contributed by atoms with Crippen LogP contribution in [0.25, 0.3) is 0 Å². The largest absolute Gasteiger partial charge is 0.481 e. The second-order valence-corrected chi connectivity index (χ2v) is 3.51. The predicted molar refractivity (Wildman–Crippen MR) is 56.9 cm³/mol. The number of hydrogen-bond donors (Lipinski definition) is 1. The van der Waals surface area contributed by atoms with Crippen LogP contribution in [-0.2, 0) is 11.2 Å². The van der Waals surface area contributed by atoms with Crippen molar-refractivity contribution < 1.29 is 9.90 Å². The number of nitrogens with zero attached hydrogens (tertiary/aromatic N) is 3. The molecule has 5 nitrogen and oxygen atoms in total. The van der Waals surface area contributed by atoms with E-state index in [1.165, 1.54) is 6.33 Å². The first-order chi connectivity index (χ1) is 7.11. The van der Waals surface area contributed by atoms with E-state index in [4.69, 9.17) is 5.11 Å². The number of rotatable bonds is 5. The molecule has 1 heterocycles. The Kier molecular flexibility index (Phi) is 4.03. The van der Waals surface area contributed by atoms with E-state index in [9.17, 15) is 4.79 Å². The Morgan fingerprint density at radius 2 is 2.27 bits per heavy atom. The van der Waals surface area contributed by atoms with E-state index in [2.05, 4.69) is 9.97 Å². The minimum atomic E-state index is -0.766. The van der Waals surface area contributed by atoms with Gasteiger partial charge in [0.15, 0.2) is 0 Å².